The Labute approximate surface area is 278 Å². The number of ketones is 3. The van der Waals surface area contributed by atoms with Crippen molar-refractivity contribution in [3.05, 3.63) is 51.6 Å². The number of aliphatic hydroxyl groups excluding tert-OH is 3. The van der Waals surface area contributed by atoms with Gasteiger partial charge in [0.05, 0.1) is 55.2 Å². The summed E-state index contributed by atoms with van der Waals surface area (Å²) in [5.74, 6) is -5.74. The van der Waals surface area contributed by atoms with E-state index in [0.29, 0.717) is 0 Å². The van der Waals surface area contributed by atoms with Gasteiger partial charge in [-0.15, -0.1) is 0 Å². The van der Waals surface area contributed by atoms with Crippen LogP contribution >= 0.6 is 0 Å². The van der Waals surface area contributed by atoms with Crippen molar-refractivity contribution < 1.29 is 68.8 Å². The number of aliphatic hydroxyl groups is 4. The van der Waals surface area contributed by atoms with Crippen molar-refractivity contribution in [3.63, 3.8) is 0 Å². The first-order chi connectivity index (χ1) is 23.2. The minimum absolute atomic E-state index is 0.0425. The summed E-state index contributed by atoms with van der Waals surface area (Å²) in [5.41, 5.74) is 1.19. The van der Waals surface area contributed by atoms with E-state index in [4.69, 9.17) is 25.1 Å². The Morgan fingerprint density at radius 1 is 1.10 bits per heavy atom. The quantitative estimate of drug-likeness (QED) is 0.100. The Morgan fingerprint density at radius 3 is 2.45 bits per heavy atom. The lowest BCUT2D eigenvalue weighted by Gasteiger charge is -2.43. The van der Waals surface area contributed by atoms with E-state index >= 15 is 0 Å². The predicted octanol–water partition coefficient (Wildman–Crippen LogP) is -2.41. The van der Waals surface area contributed by atoms with Crippen LogP contribution in [0, 0.1) is 0 Å². The van der Waals surface area contributed by atoms with Crippen LogP contribution in [0.15, 0.2) is 18.2 Å². The van der Waals surface area contributed by atoms with Crippen molar-refractivity contribution in [2.45, 2.75) is 68.5 Å². The number of nitrogens with two attached hydrogens (primary N) is 1. The van der Waals surface area contributed by atoms with E-state index in [2.05, 4.69) is 10.6 Å². The summed E-state index contributed by atoms with van der Waals surface area (Å²) in [6, 6.07) is 1.98. The van der Waals surface area contributed by atoms with Gasteiger partial charge < -0.3 is 61.2 Å². The smallest absolute Gasteiger partial charge is 0.239 e. The van der Waals surface area contributed by atoms with Crippen molar-refractivity contribution in [1.82, 2.24) is 10.6 Å². The molecule has 1 heterocycles. The number of ether oxygens (including phenoxy) is 3. The molecular formula is C32H37N3O14. The summed E-state index contributed by atoms with van der Waals surface area (Å²) in [4.78, 5) is 64.7. The number of fused-ring (bicyclic) bond motifs is 3. The molecule has 0 saturated carbocycles. The Kier molecular flexibility index (Phi) is 10.1. The molecule has 1 saturated heterocycles. The monoisotopic (exact) mass is 687 g/mol. The second kappa shape index (κ2) is 13.8. The zero-order chi connectivity index (χ0) is 35.9. The number of carbonyl (C=O) groups excluding carboxylic acids is 5. The van der Waals surface area contributed by atoms with Gasteiger partial charge in [-0.2, -0.15) is 0 Å². The van der Waals surface area contributed by atoms with Crippen molar-refractivity contribution in [2.24, 2.45) is 5.73 Å². The summed E-state index contributed by atoms with van der Waals surface area (Å²) in [5, 5.41) is 68.8. The maximum Gasteiger partial charge on any atom is 0.239 e. The average molecular weight is 688 g/mol. The molecule has 2 aromatic carbocycles. The molecule has 264 valence electrons. The molecule has 5 rings (SSSR count). The molecule has 1 fully saturated rings. The number of aromatic hydroxyl groups is 2. The standard InChI is InChI=1S/C32H37N3O14/c1-12-26(40)16(35-20(39)9-34-31(45)15(33)10-36)6-21(48-12)49-18-8-32(46,19(38)11-37)7-14-23(18)30(44)25-24(28(14)42)27(41)13-4-3-5-17(47-2)22(13)29(25)43/h3-5,12,15-16,18,21,26,36-37,40,42,44,46H,6-11,33H2,1-2H3,(H,34,45)(H,35,39)/t12-,15-,16-,18-,21-,26+,32-/m0/s1. The largest absolute Gasteiger partial charge is 0.507 e. The molecule has 0 spiro atoms. The fraction of sp³-hybridized carbons (Fsp3) is 0.469. The van der Waals surface area contributed by atoms with Gasteiger partial charge in [0, 0.05) is 36.0 Å². The maximum atomic E-state index is 13.8. The highest BCUT2D eigenvalue weighted by molar-refractivity contribution is 6.31. The number of amides is 2. The number of benzene rings is 2. The molecule has 2 amide bonds. The molecular weight excluding hydrogens is 650 g/mol. The maximum absolute atomic E-state index is 13.8. The summed E-state index contributed by atoms with van der Waals surface area (Å²) in [6.07, 6.45) is -6.56. The van der Waals surface area contributed by atoms with Crippen LogP contribution in [0.25, 0.3) is 0 Å². The lowest BCUT2D eigenvalue weighted by atomic mass is 9.72. The van der Waals surface area contributed by atoms with Crippen LogP contribution in [0.4, 0.5) is 0 Å². The lowest BCUT2D eigenvalue weighted by Crippen LogP contribution is -2.57. The second-order valence-corrected chi connectivity index (χ2v) is 12.2. The topological polar surface area (TPSA) is 284 Å². The van der Waals surface area contributed by atoms with Crippen LogP contribution in [0.5, 0.6) is 17.2 Å². The van der Waals surface area contributed by atoms with E-state index in [-0.39, 0.29) is 34.4 Å². The molecule has 17 nitrogen and oxygen atoms in total. The molecule has 17 heteroatoms. The zero-order valence-electron chi connectivity index (χ0n) is 26.5. The first-order valence-corrected chi connectivity index (χ1v) is 15.3. The molecule has 0 bridgehead atoms. The molecule has 0 aromatic heterocycles. The summed E-state index contributed by atoms with van der Waals surface area (Å²) < 4.78 is 17.2. The fourth-order valence-corrected chi connectivity index (χ4v) is 6.50. The van der Waals surface area contributed by atoms with E-state index in [1.807, 2.05) is 0 Å². The number of carbonyl (C=O) groups is 5. The Bertz CT molecular complexity index is 1710. The van der Waals surface area contributed by atoms with Crippen molar-refractivity contribution >= 4 is 29.2 Å². The van der Waals surface area contributed by atoms with E-state index < -0.39 is 127 Å². The van der Waals surface area contributed by atoms with Gasteiger partial charge >= 0.3 is 0 Å². The highest BCUT2D eigenvalue weighted by Gasteiger charge is 2.50. The van der Waals surface area contributed by atoms with Crippen LogP contribution < -0.4 is 21.1 Å². The molecule has 10 N–H and O–H groups in total. The molecule has 49 heavy (non-hydrogen) atoms. The van der Waals surface area contributed by atoms with Crippen molar-refractivity contribution in [1.29, 1.82) is 0 Å². The Hall–Kier alpha value is -4.49. The average Bonchev–Trinajstić information content (AvgIpc) is 3.08. The van der Waals surface area contributed by atoms with Crippen LogP contribution in [0.2, 0.25) is 0 Å². The molecule has 0 unspecified atom stereocenters. The Morgan fingerprint density at radius 2 is 1.80 bits per heavy atom. The third-order valence-corrected chi connectivity index (χ3v) is 9.06. The first kappa shape index (κ1) is 35.8. The molecule has 2 aromatic rings. The van der Waals surface area contributed by atoms with E-state index in [0.717, 1.165) is 0 Å². The van der Waals surface area contributed by atoms with E-state index in [1.54, 1.807) is 0 Å². The Balaban J connectivity index is 1.50. The van der Waals surface area contributed by atoms with Gasteiger partial charge in [0.2, 0.25) is 17.6 Å². The van der Waals surface area contributed by atoms with Gasteiger partial charge in [-0.25, -0.2) is 0 Å². The van der Waals surface area contributed by atoms with Gasteiger partial charge in [0.15, 0.2) is 17.9 Å². The number of phenols is 2. The number of phenolic OH excluding ortho intramolecular Hbond substituents is 2. The van der Waals surface area contributed by atoms with E-state index in [9.17, 15) is 49.5 Å². The molecule has 7 atom stereocenters. The minimum atomic E-state index is -2.37. The van der Waals surface area contributed by atoms with Crippen molar-refractivity contribution in [3.8, 4) is 17.2 Å². The predicted molar refractivity (Wildman–Crippen MR) is 164 cm³/mol. The summed E-state index contributed by atoms with van der Waals surface area (Å²) >= 11 is 0. The molecule has 2 aliphatic carbocycles. The van der Waals surface area contributed by atoms with Crippen LogP contribution in [0.1, 0.15) is 68.8 Å². The van der Waals surface area contributed by atoms with Gasteiger partial charge in [-0.3, -0.25) is 24.0 Å². The third-order valence-electron chi connectivity index (χ3n) is 9.06. The number of methoxy groups -OCH3 is 1. The fourth-order valence-electron chi connectivity index (χ4n) is 6.50. The van der Waals surface area contributed by atoms with Gasteiger partial charge in [0.25, 0.3) is 0 Å². The van der Waals surface area contributed by atoms with Crippen molar-refractivity contribution in [2.75, 3.05) is 26.9 Å². The normalized spacial score (nSPS) is 26.6. The summed E-state index contributed by atoms with van der Waals surface area (Å²) in [6.45, 7) is -0.815. The van der Waals surface area contributed by atoms with Crippen LogP contribution in [-0.2, 0) is 30.3 Å². The molecule has 0 radical (unpaired) electrons. The number of Topliss-reactive ketones (excluding diaryl/α,β-unsaturated/α-hetero) is 1. The number of hydrogen-bond acceptors (Lipinski definition) is 15. The van der Waals surface area contributed by atoms with Crippen LogP contribution in [-0.4, -0.2) is 123 Å². The molecule has 3 aliphatic rings. The number of nitrogens with one attached hydrogen (secondary N) is 2. The second-order valence-electron chi connectivity index (χ2n) is 12.2. The minimum Gasteiger partial charge on any atom is -0.507 e. The van der Waals surface area contributed by atoms with Gasteiger partial charge in [-0.1, -0.05) is 12.1 Å². The van der Waals surface area contributed by atoms with Crippen LogP contribution in [0.3, 0.4) is 0 Å². The van der Waals surface area contributed by atoms with Gasteiger partial charge in [-0.05, 0) is 13.0 Å². The first-order valence-electron chi connectivity index (χ1n) is 15.3. The third kappa shape index (κ3) is 6.37. The summed E-state index contributed by atoms with van der Waals surface area (Å²) in [7, 11) is 1.29. The SMILES string of the molecule is COc1cccc2c1C(=O)c1c(O)c3c(c(O)c1C2=O)C[C@@](O)(C(=O)CO)C[C@@H]3O[C@H]1C[C@H](NC(=O)CNC(=O)[C@@H](N)CO)[C@H](O)[C@H](C)O1. The molecule has 1 aliphatic heterocycles. The highest BCUT2D eigenvalue weighted by atomic mass is 16.7. The van der Waals surface area contributed by atoms with Gasteiger partial charge in [0.1, 0.15) is 41.6 Å². The lowest BCUT2D eigenvalue weighted by molar-refractivity contribution is -0.249. The number of hydrogen-bond donors (Lipinski definition) is 9. The zero-order valence-corrected chi connectivity index (χ0v) is 26.5. The number of rotatable bonds is 10. The van der Waals surface area contributed by atoms with E-state index in [1.165, 1.54) is 32.2 Å². The highest BCUT2D eigenvalue weighted by Crippen LogP contribution is 2.52.